The molecule has 3 rings (SSSR count). The average Bonchev–Trinajstić information content (AvgIpc) is 2.85. The normalized spacial score (nSPS) is 16.5. The first-order chi connectivity index (χ1) is 13.3. The van der Waals surface area contributed by atoms with Gasteiger partial charge in [0.15, 0.2) is 0 Å². The number of aliphatic hydroxyl groups excluding tert-OH is 1. The molecule has 1 unspecified atom stereocenters. The van der Waals surface area contributed by atoms with Crippen LogP contribution in [-0.2, 0) is 17.9 Å². The summed E-state index contributed by atoms with van der Waals surface area (Å²) in [5.41, 5.74) is 1.44. The van der Waals surface area contributed by atoms with Gasteiger partial charge in [-0.25, -0.2) is 4.79 Å². The molecule has 156 valence electrons. The minimum Gasteiger partial charge on any atom is -1.00 e. The number of quaternary nitrogens is 1. The molecule has 0 aliphatic carbocycles. The Morgan fingerprint density at radius 3 is 1.86 bits per heavy atom. The van der Waals surface area contributed by atoms with Gasteiger partial charge in [-0.15, -0.1) is 0 Å². The summed E-state index contributed by atoms with van der Waals surface area (Å²) < 4.78 is 0. The molecule has 3 amide bonds. The fraction of sp³-hybridized carbons (Fsp3) is 0.364. The lowest BCUT2D eigenvalue weighted by atomic mass is 10.1. The van der Waals surface area contributed by atoms with Gasteiger partial charge in [0.1, 0.15) is 31.3 Å². The van der Waals surface area contributed by atoms with Crippen LogP contribution in [0.5, 0.6) is 0 Å². The largest absolute Gasteiger partial charge is 1.00 e. The number of rotatable bonds is 8. The molecule has 1 heterocycles. The standard InChI is InChI=1S/C22H27N3O3.ClH/c1-22(2)20(27)25(21(28)23-22)16-19(26)15-24(13-17-9-5-3-6-10-17)14-18-11-7-4-8-12-18;/h3-12,19,26H,13-16H2,1-2H3,(H,23,28);1H. The first-order valence-corrected chi connectivity index (χ1v) is 9.59. The molecule has 1 saturated heterocycles. The van der Waals surface area contributed by atoms with Crippen molar-refractivity contribution < 1.29 is 32.0 Å². The summed E-state index contributed by atoms with van der Waals surface area (Å²) in [4.78, 5) is 26.7. The number of carbonyl (C=O) groups excluding carboxylic acids is 2. The number of amides is 3. The third-order valence-corrected chi connectivity index (χ3v) is 4.96. The Hall–Kier alpha value is -2.41. The number of nitrogens with zero attached hydrogens (tertiary/aromatic N) is 1. The minimum atomic E-state index is -0.919. The lowest BCUT2D eigenvalue weighted by Gasteiger charge is -2.25. The molecule has 0 saturated carbocycles. The Kier molecular flexibility index (Phi) is 7.79. The lowest BCUT2D eigenvalue weighted by Crippen LogP contribution is -3.10. The second kappa shape index (κ2) is 9.87. The van der Waals surface area contributed by atoms with E-state index >= 15 is 0 Å². The Morgan fingerprint density at radius 2 is 1.45 bits per heavy atom. The average molecular weight is 418 g/mol. The van der Waals surface area contributed by atoms with Crippen LogP contribution < -0.4 is 22.6 Å². The van der Waals surface area contributed by atoms with Crippen molar-refractivity contribution in [2.75, 3.05) is 13.1 Å². The van der Waals surface area contributed by atoms with E-state index < -0.39 is 17.7 Å². The van der Waals surface area contributed by atoms with Gasteiger partial charge in [0.2, 0.25) is 0 Å². The number of benzene rings is 2. The molecule has 0 bridgehead atoms. The topological polar surface area (TPSA) is 74.1 Å². The number of β-amino-alcohol motifs (C(OH)–C–C–N with tert-alkyl or cyclic N) is 1. The number of aliphatic hydroxyl groups is 1. The molecule has 0 radical (unpaired) electrons. The first kappa shape index (κ1) is 22.9. The van der Waals surface area contributed by atoms with Gasteiger partial charge in [0, 0.05) is 11.1 Å². The summed E-state index contributed by atoms with van der Waals surface area (Å²) in [5, 5.41) is 13.3. The molecule has 1 atom stereocenters. The third kappa shape index (κ3) is 6.03. The van der Waals surface area contributed by atoms with Crippen LogP contribution in [-0.4, -0.2) is 46.7 Å². The highest BCUT2D eigenvalue weighted by molar-refractivity contribution is 6.06. The van der Waals surface area contributed by atoms with Gasteiger partial charge in [-0.3, -0.25) is 9.69 Å². The summed E-state index contributed by atoms with van der Waals surface area (Å²) in [7, 11) is 0. The highest BCUT2D eigenvalue weighted by Gasteiger charge is 2.44. The zero-order valence-electron chi connectivity index (χ0n) is 16.8. The Balaban J connectivity index is 0.00000300. The summed E-state index contributed by atoms with van der Waals surface area (Å²) in [6.07, 6.45) is -0.800. The molecular formula is C22H28ClN3O3. The Bertz CT molecular complexity index is 773. The van der Waals surface area contributed by atoms with Crippen molar-refractivity contribution in [3.8, 4) is 0 Å². The second-order valence-corrected chi connectivity index (χ2v) is 7.90. The van der Waals surface area contributed by atoms with Crippen LogP contribution >= 0.6 is 0 Å². The smallest absolute Gasteiger partial charge is 0.325 e. The maximum absolute atomic E-state index is 12.4. The van der Waals surface area contributed by atoms with E-state index in [9.17, 15) is 14.7 Å². The second-order valence-electron chi connectivity index (χ2n) is 7.90. The van der Waals surface area contributed by atoms with E-state index in [1.54, 1.807) is 13.8 Å². The van der Waals surface area contributed by atoms with Gasteiger partial charge in [-0.05, 0) is 13.8 Å². The molecule has 1 fully saturated rings. The van der Waals surface area contributed by atoms with Crippen molar-refractivity contribution in [1.29, 1.82) is 0 Å². The Morgan fingerprint density at radius 1 is 0.966 bits per heavy atom. The van der Waals surface area contributed by atoms with Crippen molar-refractivity contribution in [2.45, 2.75) is 38.6 Å². The lowest BCUT2D eigenvalue weighted by molar-refractivity contribution is -0.930. The molecule has 6 nitrogen and oxygen atoms in total. The van der Waals surface area contributed by atoms with Crippen molar-refractivity contribution in [2.24, 2.45) is 0 Å². The molecule has 2 aromatic carbocycles. The van der Waals surface area contributed by atoms with Crippen molar-refractivity contribution in [3.63, 3.8) is 0 Å². The fourth-order valence-electron chi connectivity index (χ4n) is 3.57. The molecule has 3 N–H and O–H groups in total. The number of hydrogen-bond acceptors (Lipinski definition) is 3. The van der Waals surface area contributed by atoms with E-state index in [1.807, 2.05) is 36.4 Å². The molecule has 7 heteroatoms. The van der Waals surface area contributed by atoms with Crippen LogP contribution in [0.4, 0.5) is 4.79 Å². The van der Waals surface area contributed by atoms with Gasteiger partial charge in [0.05, 0.1) is 6.54 Å². The third-order valence-electron chi connectivity index (χ3n) is 4.96. The quantitative estimate of drug-likeness (QED) is 0.434. The summed E-state index contributed by atoms with van der Waals surface area (Å²) in [6, 6.07) is 19.8. The number of urea groups is 1. The fourth-order valence-corrected chi connectivity index (χ4v) is 3.57. The molecule has 2 aromatic rings. The van der Waals surface area contributed by atoms with E-state index in [1.165, 1.54) is 11.1 Å². The van der Waals surface area contributed by atoms with Crippen LogP contribution in [0.3, 0.4) is 0 Å². The van der Waals surface area contributed by atoms with E-state index in [0.717, 1.165) is 22.9 Å². The van der Waals surface area contributed by atoms with E-state index in [4.69, 9.17) is 0 Å². The highest BCUT2D eigenvalue weighted by atomic mass is 35.5. The molecular weight excluding hydrogens is 390 g/mol. The number of imide groups is 1. The molecule has 0 spiro atoms. The van der Waals surface area contributed by atoms with Gasteiger partial charge in [0.25, 0.3) is 5.91 Å². The maximum Gasteiger partial charge on any atom is 0.325 e. The van der Waals surface area contributed by atoms with Crippen LogP contribution in [0.2, 0.25) is 0 Å². The maximum atomic E-state index is 12.4. The van der Waals surface area contributed by atoms with E-state index in [0.29, 0.717) is 6.54 Å². The van der Waals surface area contributed by atoms with Gasteiger partial charge in [-0.1, -0.05) is 60.7 Å². The van der Waals surface area contributed by atoms with Crippen LogP contribution in [0, 0.1) is 0 Å². The monoisotopic (exact) mass is 417 g/mol. The van der Waals surface area contributed by atoms with Crippen molar-refractivity contribution in [1.82, 2.24) is 10.2 Å². The zero-order chi connectivity index (χ0) is 20.1. The molecule has 1 aliphatic rings. The van der Waals surface area contributed by atoms with Gasteiger partial charge < -0.3 is 27.7 Å². The van der Waals surface area contributed by atoms with Crippen molar-refractivity contribution >= 4 is 11.9 Å². The van der Waals surface area contributed by atoms with Gasteiger partial charge >= 0.3 is 6.03 Å². The summed E-state index contributed by atoms with van der Waals surface area (Å²) >= 11 is 0. The predicted molar refractivity (Wildman–Crippen MR) is 106 cm³/mol. The van der Waals surface area contributed by atoms with E-state index in [-0.39, 0.29) is 24.9 Å². The zero-order valence-corrected chi connectivity index (χ0v) is 17.5. The van der Waals surface area contributed by atoms with Crippen LogP contribution in [0.25, 0.3) is 0 Å². The molecule has 0 aromatic heterocycles. The van der Waals surface area contributed by atoms with Gasteiger partial charge in [-0.2, -0.15) is 0 Å². The summed E-state index contributed by atoms with van der Waals surface area (Å²) in [6.45, 7) is 5.27. The predicted octanol–water partition coefficient (Wildman–Crippen LogP) is -2.03. The molecule has 29 heavy (non-hydrogen) atoms. The minimum absolute atomic E-state index is 0. The van der Waals surface area contributed by atoms with Crippen molar-refractivity contribution in [3.05, 3.63) is 71.8 Å². The SMILES string of the molecule is CC1(C)NC(=O)N(CC(O)C[NH+](Cc2ccccc2)Cc2ccccc2)C1=O.[Cl-]. The van der Waals surface area contributed by atoms with E-state index in [2.05, 4.69) is 29.6 Å². The number of nitrogens with one attached hydrogen (secondary N) is 2. The van der Waals surface area contributed by atoms with Crippen LogP contribution in [0.15, 0.2) is 60.7 Å². The highest BCUT2D eigenvalue weighted by Crippen LogP contribution is 2.16. The number of halogens is 1. The number of hydrogen-bond donors (Lipinski definition) is 3. The summed E-state index contributed by atoms with van der Waals surface area (Å²) in [5.74, 6) is -0.302. The Labute approximate surface area is 177 Å². The number of carbonyl (C=O) groups is 2. The van der Waals surface area contributed by atoms with Crippen LogP contribution in [0.1, 0.15) is 25.0 Å². The first-order valence-electron chi connectivity index (χ1n) is 9.59. The molecule has 1 aliphatic heterocycles.